The molecule has 8 heteroatoms. The lowest BCUT2D eigenvalue weighted by atomic mass is 10.1. The maximum Gasteiger partial charge on any atom is 0.262 e. The first kappa shape index (κ1) is 20.2. The van der Waals surface area contributed by atoms with Crippen molar-refractivity contribution in [3.8, 4) is 11.5 Å². The van der Waals surface area contributed by atoms with Crippen LogP contribution < -0.4 is 10.7 Å². The third kappa shape index (κ3) is 4.45. The molecule has 6 nitrogen and oxygen atoms in total. The Labute approximate surface area is 178 Å². The molecule has 3 aromatic carbocycles. The fourth-order valence-electron chi connectivity index (χ4n) is 2.57. The van der Waals surface area contributed by atoms with E-state index in [-0.39, 0.29) is 21.9 Å². The van der Waals surface area contributed by atoms with Crippen LogP contribution in [0.15, 0.2) is 62.6 Å². The minimum Gasteiger partial charge on any atom is -0.506 e. The Morgan fingerprint density at radius 2 is 1.79 bits per heavy atom. The summed E-state index contributed by atoms with van der Waals surface area (Å²) >= 11 is 6.27. The van der Waals surface area contributed by atoms with Crippen molar-refractivity contribution >= 4 is 60.4 Å². The summed E-state index contributed by atoms with van der Waals surface area (Å²) in [6.45, 7) is 1.73. The molecule has 144 valence electrons. The predicted molar refractivity (Wildman–Crippen MR) is 118 cm³/mol. The highest BCUT2D eigenvalue weighted by atomic mass is 79.9. The van der Waals surface area contributed by atoms with Gasteiger partial charge in [0.1, 0.15) is 22.0 Å². The number of rotatable bonds is 5. The number of halogens is 2. The summed E-state index contributed by atoms with van der Waals surface area (Å²) in [7, 11) is 0. The van der Waals surface area contributed by atoms with Crippen molar-refractivity contribution in [2.45, 2.75) is 13.0 Å². The second kappa shape index (κ2) is 8.62. The van der Waals surface area contributed by atoms with Gasteiger partial charge in [-0.3, -0.25) is 4.79 Å². The Bertz CT molecular complexity index is 1070. The molecule has 0 spiro atoms. The van der Waals surface area contributed by atoms with E-state index < -0.39 is 6.04 Å². The largest absolute Gasteiger partial charge is 0.506 e. The molecule has 0 heterocycles. The Morgan fingerprint density at radius 3 is 2.54 bits per heavy atom. The molecule has 0 saturated carbocycles. The molecule has 4 N–H and O–H groups in total. The molecule has 1 amide bonds. The highest BCUT2D eigenvalue weighted by molar-refractivity contribution is 9.11. The molecule has 0 radical (unpaired) electrons. The summed E-state index contributed by atoms with van der Waals surface area (Å²) in [6, 6.07) is 14.8. The summed E-state index contributed by atoms with van der Waals surface area (Å²) in [4.78, 5) is 12.3. The molecule has 3 aromatic rings. The summed E-state index contributed by atoms with van der Waals surface area (Å²) in [5.41, 5.74) is 3.59. The molecule has 0 bridgehead atoms. The fraction of sp³-hybridized carbons (Fsp3) is 0.100. The van der Waals surface area contributed by atoms with Crippen LogP contribution in [0.25, 0.3) is 10.8 Å². The van der Waals surface area contributed by atoms with Gasteiger partial charge in [0.15, 0.2) is 0 Å². The quantitative estimate of drug-likeness (QED) is 0.297. The predicted octanol–water partition coefficient (Wildman–Crippen LogP) is 4.73. The summed E-state index contributed by atoms with van der Waals surface area (Å²) in [6.07, 6.45) is 1.30. The lowest BCUT2D eigenvalue weighted by Crippen LogP contribution is -2.34. The zero-order chi connectivity index (χ0) is 20.3. The van der Waals surface area contributed by atoms with E-state index in [1.54, 1.807) is 6.92 Å². The molecule has 0 fully saturated rings. The number of hydrazone groups is 1. The standard InChI is InChI=1S/C20H17Br2N3O3/c1-11(24-15-7-6-12-4-2-3-5-13(12)8-15)20(28)25-23-10-14-9-16(21)19(27)17(22)18(14)26/h2-11,24,26-27H,1H3,(H,25,28). The molecule has 0 saturated heterocycles. The number of amides is 1. The maximum atomic E-state index is 12.3. The van der Waals surface area contributed by atoms with Gasteiger partial charge in [-0.1, -0.05) is 30.3 Å². The lowest BCUT2D eigenvalue weighted by Gasteiger charge is -2.14. The Hall–Kier alpha value is -2.58. The Morgan fingerprint density at radius 1 is 1.07 bits per heavy atom. The van der Waals surface area contributed by atoms with Gasteiger partial charge in [0, 0.05) is 11.3 Å². The number of aromatic hydroxyl groups is 2. The number of hydrogen-bond acceptors (Lipinski definition) is 5. The first-order valence-corrected chi connectivity index (χ1v) is 9.93. The normalized spacial score (nSPS) is 12.2. The number of carbonyl (C=O) groups excluding carboxylic acids is 1. The van der Waals surface area contributed by atoms with Crippen LogP contribution in [-0.4, -0.2) is 28.4 Å². The van der Waals surface area contributed by atoms with Crippen LogP contribution in [0.3, 0.4) is 0 Å². The molecule has 0 aliphatic rings. The van der Waals surface area contributed by atoms with Gasteiger partial charge in [-0.15, -0.1) is 0 Å². The van der Waals surface area contributed by atoms with Crippen LogP contribution in [0.1, 0.15) is 12.5 Å². The minimum absolute atomic E-state index is 0.119. The van der Waals surface area contributed by atoms with Crippen LogP contribution in [0.5, 0.6) is 11.5 Å². The second-order valence-corrected chi connectivity index (χ2v) is 7.77. The molecule has 0 aliphatic heterocycles. The van der Waals surface area contributed by atoms with Gasteiger partial charge in [0.2, 0.25) is 0 Å². The van der Waals surface area contributed by atoms with Gasteiger partial charge in [0.25, 0.3) is 5.91 Å². The molecule has 1 unspecified atom stereocenters. The molecule has 0 aliphatic carbocycles. The van der Waals surface area contributed by atoms with Gasteiger partial charge in [-0.25, -0.2) is 5.43 Å². The average Bonchev–Trinajstić information content (AvgIpc) is 2.69. The molecule has 3 rings (SSSR count). The van der Waals surface area contributed by atoms with E-state index in [2.05, 4.69) is 47.7 Å². The summed E-state index contributed by atoms with van der Waals surface area (Å²) in [5, 5.41) is 29.0. The highest BCUT2D eigenvalue weighted by Crippen LogP contribution is 2.40. The monoisotopic (exact) mass is 505 g/mol. The highest BCUT2D eigenvalue weighted by Gasteiger charge is 2.14. The van der Waals surface area contributed by atoms with E-state index in [1.165, 1.54) is 12.3 Å². The fourth-order valence-corrected chi connectivity index (χ4v) is 3.73. The average molecular weight is 507 g/mol. The number of carbonyl (C=O) groups is 1. The van der Waals surface area contributed by atoms with Crippen LogP contribution in [0, 0.1) is 0 Å². The van der Waals surface area contributed by atoms with Crippen molar-refractivity contribution < 1.29 is 15.0 Å². The second-order valence-electron chi connectivity index (χ2n) is 6.12. The van der Waals surface area contributed by atoms with Gasteiger partial charge < -0.3 is 15.5 Å². The van der Waals surface area contributed by atoms with E-state index in [0.717, 1.165) is 16.5 Å². The SMILES string of the molecule is CC(Nc1ccc2ccccc2c1)C(=O)NN=Cc1cc(Br)c(O)c(Br)c1O. The maximum absolute atomic E-state index is 12.3. The zero-order valence-corrected chi connectivity index (χ0v) is 18.0. The smallest absolute Gasteiger partial charge is 0.262 e. The van der Waals surface area contributed by atoms with E-state index in [4.69, 9.17) is 0 Å². The van der Waals surface area contributed by atoms with Gasteiger partial charge in [-0.05, 0) is 67.8 Å². The lowest BCUT2D eigenvalue weighted by molar-refractivity contribution is -0.121. The number of hydrogen-bond donors (Lipinski definition) is 4. The zero-order valence-electron chi connectivity index (χ0n) is 14.8. The Kier molecular flexibility index (Phi) is 6.21. The number of phenols is 2. The number of benzene rings is 3. The van der Waals surface area contributed by atoms with Crippen LogP contribution in [0.4, 0.5) is 5.69 Å². The number of fused-ring (bicyclic) bond motifs is 1. The number of anilines is 1. The molecular weight excluding hydrogens is 490 g/mol. The van der Waals surface area contributed by atoms with Crippen LogP contribution >= 0.6 is 31.9 Å². The third-order valence-electron chi connectivity index (χ3n) is 4.10. The summed E-state index contributed by atoms with van der Waals surface area (Å²) < 4.78 is 0.525. The van der Waals surface area contributed by atoms with E-state index in [1.807, 2.05) is 42.5 Å². The third-order valence-corrected chi connectivity index (χ3v) is 5.46. The first-order valence-electron chi connectivity index (χ1n) is 8.35. The Balaban J connectivity index is 1.65. The van der Waals surface area contributed by atoms with Crippen molar-refractivity contribution in [1.29, 1.82) is 0 Å². The first-order chi connectivity index (χ1) is 13.4. The topological polar surface area (TPSA) is 94.0 Å². The van der Waals surface area contributed by atoms with Crippen molar-refractivity contribution in [2.75, 3.05) is 5.32 Å². The summed E-state index contributed by atoms with van der Waals surface area (Å²) in [5.74, 6) is -0.631. The van der Waals surface area contributed by atoms with E-state index >= 15 is 0 Å². The van der Waals surface area contributed by atoms with Crippen LogP contribution in [0.2, 0.25) is 0 Å². The minimum atomic E-state index is -0.523. The van der Waals surface area contributed by atoms with Crippen molar-refractivity contribution in [3.05, 3.63) is 63.0 Å². The molecular formula is C20H17Br2N3O3. The molecule has 0 aromatic heterocycles. The van der Waals surface area contributed by atoms with Gasteiger partial charge in [0.05, 0.1) is 10.7 Å². The van der Waals surface area contributed by atoms with Gasteiger partial charge in [-0.2, -0.15) is 5.10 Å². The number of phenolic OH excluding ortho intramolecular Hbond substituents is 2. The number of nitrogens with one attached hydrogen (secondary N) is 2. The van der Waals surface area contributed by atoms with Crippen LogP contribution in [-0.2, 0) is 4.79 Å². The van der Waals surface area contributed by atoms with Crippen molar-refractivity contribution in [2.24, 2.45) is 5.10 Å². The number of nitrogens with zero attached hydrogens (tertiary/aromatic N) is 1. The van der Waals surface area contributed by atoms with E-state index in [9.17, 15) is 15.0 Å². The van der Waals surface area contributed by atoms with Gasteiger partial charge >= 0.3 is 0 Å². The van der Waals surface area contributed by atoms with E-state index in [0.29, 0.717) is 10.0 Å². The van der Waals surface area contributed by atoms with Crippen molar-refractivity contribution in [3.63, 3.8) is 0 Å². The molecule has 28 heavy (non-hydrogen) atoms. The van der Waals surface area contributed by atoms with Crippen molar-refractivity contribution in [1.82, 2.24) is 5.43 Å². The molecule has 1 atom stereocenters.